The Morgan fingerprint density at radius 3 is 2.73 bits per heavy atom. The Bertz CT molecular complexity index is 1190. The average molecular weight is 423 g/mol. The first-order valence-corrected chi connectivity index (χ1v) is 9.70. The largest absolute Gasteiger partial charge is 0.505 e. The number of aromatic nitrogens is 1. The third kappa shape index (κ3) is 4.09. The van der Waals surface area contributed by atoms with Gasteiger partial charge in [-0.15, -0.1) is 0 Å². The summed E-state index contributed by atoms with van der Waals surface area (Å²) < 4.78 is 11.3. The molecule has 1 amide bonds. The summed E-state index contributed by atoms with van der Waals surface area (Å²) in [5, 5.41) is 14.8. The molecule has 0 bridgehead atoms. The van der Waals surface area contributed by atoms with E-state index in [1.54, 1.807) is 55.6 Å². The van der Waals surface area contributed by atoms with E-state index in [1.807, 2.05) is 18.2 Å². The molecule has 2 N–H and O–H groups in total. The van der Waals surface area contributed by atoms with Crippen LogP contribution in [0.4, 0.5) is 0 Å². The van der Waals surface area contributed by atoms with E-state index in [1.165, 1.54) is 0 Å². The van der Waals surface area contributed by atoms with Crippen molar-refractivity contribution >= 4 is 28.4 Å². The summed E-state index contributed by atoms with van der Waals surface area (Å²) >= 11 is 6.43. The molecule has 4 rings (SSSR count). The Labute approximate surface area is 178 Å². The number of benzene rings is 2. The van der Waals surface area contributed by atoms with Gasteiger partial charge in [0.2, 0.25) is 0 Å². The summed E-state index contributed by atoms with van der Waals surface area (Å²) in [5.74, 6) is 1.27. The Hall–Kier alpha value is -3.51. The Morgan fingerprint density at radius 1 is 1.20 bits per heavy atom. The lowest BCUT2D eigenvalue weighted by Crippen LogP contribution is -2.33. The van der Waals surface area contributed by atoms with Crippen LogP contribution < -0.4 is 10.1 Å². The number of para-hydroxylation sites is 1. The van der Waals surface area contributed by atoms with Crippen LogP contribution >= 0.6 is 11.6 Å². The van der Waals surface area contributed by atoms with Crippen molar-refractivity contribution in [3.8, 4) is 11.5 Å². The highest BCUT2D eigenvalue weighted by atomic mass is 35.5. The van der Waals surface area contributed by atoms with E-state index < -0.39 is 6.04 Å². The molecule has 0 aliphatic carbocycles. The Balaban J connectivity index is 1.66. The molecule has 0 fully saturated rings. The summed E-state index contributed by atoms with van der Waals surface area (Å²) in [7, 11) is 0. The highest BCUT2D eigenvalue weighted by Gasteiger charge is 2.26. The first-order chi connectivity index (χ1) is 14.5. The van der Waals surface area contributed by atoms with Crippen LogP contribution in [0.5, 0.6) is 11.5 Å². The van der Waals surface area contributed by atoms with E-state index in [2.05, 4.69) is 10.3 Å². The number of pyridine rings is 1. The zero-order valence-electron chi connectivity index (χ0n) is 16.1. The van der Waals surface area contributed by atoms with Gasteiger partial charge in [-0.3, -0.25) is 9.78 Å². The number of rotatable bonds is 6. The third-order valence-electron chi connectivity index (χ3n) is 4.62. The standard InChI is InChI=1S/C23H19ClN2O4/c1-14-9-10-19(30-14)21(26-20(27)13-29-15-6-3-2-4-7-15)17-12-18(24)16-8-5-11-25-22(16)23(17)28/h2-12,21,28H,13H2,1H3,(H,26,27). The van der Waals surface area contributed by atoms with Gasteiger partial charge in [-0.05, 0) is 49.4 Å². The first kappa shape index (κ1) is 19.8. The number of carbonyl (C=O) groups is 1. The van der Waals surface area contributed by atoms with Crippen LogP contribution in [-0.4, -0.2) is 22.6 Å². The lowest BCUT2D eigenvalue weighted by molar-refractivity contribution is -0.123. The van der Waals surface area contributed by atoms with Gasteiger partial charge in [0.25, 0.3) is 5.91 Å². The van der Waals surface area contributed by atoms with Crippen LogP contribution in [0.3, 0.4) is 0 Å². The van der Waals surface area contributed by atoms with Crippen molar-refractivity contribution in [3.05, 3.63) is 89.0 Å². The van der Waals surface area contributed by atoms with Gasteiger partial charge in [-0.1, -0.05) is 29.8 Å². The number of nitrogens with one attached hydrogen (secondary N) is 1. The van der Waals surface area contributed by atoms with Crippen LogP contribution in [-0.2, 0) is 4.79 Å². The zero-order valence-corrected chi connectivity index (χ0v) is 16.9. The summed E-state index contributed by atoms with van der Waals surface area (Å²) in [6.45, 7) is 1.61. The average Bonchev–Trinajstić information content (AvgIpc) is 3.20. The van der Waals surface area contributed by atoms with Crippen LogP contribution in [0, 0.1) is 6.92 Å². The quantitative estimate of drug-likeness (QED) is 0.467. The summed E-state index contributed by atoms with van der Waals surface area (Å²) in [4.78, 5) is 16.9. The van der Waals surface area contributed by atoms with E-state index >= 15 is 0 Å². The van der Waals surface area contributed by atoms with E-state index in [4.69, 9.17) is 20.8 Å². The number of hydrogen-bond acceptors (Lipinski definition) is 5. The number of aryl methyl sites for hydroxylation is 1. The second-order valence-electron chi connectivity index (χ2n) is 6.75. The molecule has 6 nitrogen and oxygen atoms in total. The van der Waals surface area contributed by atoms with Gasteiger partial charge in [0.1, 0.15) is 34.6 Å². The second-order valence-corrected chi connectivity index (χ2v) is 7.15. The molecule has 152 valence electrons. The topological polar surface area (TPSA) is 84.6 Å². The molecule has 1 atom stereocenters. The lowest BCUT2D eigenvalue weighted by atomic mass is 10.0. The fourth-order valence-corrected chi connectivity index (χ4v) is 3.48. The number of amides is 1. The molecular weight excluding hydrogens is 404 g/mol. The molecule has 0 saturated heterocycles. The number of ether oxygens (including phenoxy) is 1. The predicted molar refractivity (Wildman–Crippen MR) is 114 cm³/mol. The van der Waals surface area contributed by atoms with Crippen LogP contribution in [0.1, 0.15) is 23.1 Å². The number of nitrogens with zero attached hydrogens (tertiary/aromatic N) is 1. The molecule has 2 aromatic carbocycles. The number of fused-ring (bicyclic) bond motifs is 1. The molecule has 0 aliphatic heterocycles. The molecule has 7 heteroatoms. The summed E-state index contributed by atoms with van der Waals surface area (Å²) in [6.07, 6.45) is 1.57. The maximum absolute atomic E-state index is 12.6. The molecular formula is C23H19ClN2O4. The van der Waals surface area contributed by atoms with Gasteiger partial charge in [0.15, 0.2) is 6.61 Å². The number of aromatic hydroxyl groups is 1. The van der Waals surface area contributed by atoms with Gasteiger partial charge in [0.05, 0.1) is 5.02 Å². The molecule has 2 heterocycles. The molecule has 0 radical (unpaired) electrons. The number of phenols is 1. The van der Waals surface area contributed by atoms with Gasteiger partial charge in [-0.25, -0.2) is 0 Å². The monoisotopic (exact) mass is 422 g/mol. The molecule has 0 spiro atoms. The normalized spacial score (nSPS) is 11.9. The van der Waals surface area contributed by atoms with Crippen molar-refractivity contribution in [2.45, 2.75) is 13.0 Å². The third-order valence-corrected chi connectivity index (χ3v) is 4.93. The predicted octanol–water partition coefficient (Wildman–Crippen LogP) is 4.78. The Morgan fingerprint density at radius 2 is 2.00 bits per heavy atom. The summed E-state index contributed by atoms with van der Waals surface area (Å²) in [6, 6.07) is 16.9. The maximum Gasteiger partial charge on any atom is 0.258 e. The van der Waals surface area contributed by atoms with Crippen molar-refractivity contribution in [3.63, 3.8) is 0 Å². The van der Waals surface area contributed by atoms with Gasteiger partial charge >= 0.3 is 0 Å². The molecule has 0 aliphatic rings. The SMILES string of the molecule is Cc1ccc(C(NC(=O)COc2ccccc2)c2cc(Cl)c3cccnc3c2O)o1. The lowest BCUT2D eigenvalue weighted by Gasteiger charge is -2.20. The smallest absolute Gasteiger partial charge is 0.258 e. The molecule has 30 heavy (non-hydrogen) atoms. The Kier molecular flexibility index (Phi) is 5.59. The van der Waals surface area contributed by atoms with Crippen molar-refractivity contribution in [2.75, 3.05) is 6.61 Å². The minimum atomic E-state index is -0.769. The van der Waals surface area contributed by atoms with Crippen LogP contribution in [0.15, 0.2) is 71.3 Å². The number of hydrogen-bond donors (Lipinski definition) is 2. The number of halogens is 1. The minimum Gasteiger partial charge on any atom is -0.505 e. The highest BCUT2D eigenvalue weighted by molar-refractivity contribution is 6.35. The summed E-state index contributed by atoms with van der Waals surface area (Å²) in [5.41, 5.74) is 0.733. The minimum absolute atomic E-state index is 0.0710. The van der Waals surface area contributed by atoms with Crippen molar-refractivity contribution < 1.29 is 19.1 Å². The highest BCUT2D eigenvalue weighted by Crippen LogP contribution is 2.38. The van der Waals surface area contributed by atoms with Gasteiger partial charge < -0.3 is 19.6 Å². The van der Waals surface area contributed by atoms with E-state index in [0.29, 0.717) is 38.8 Å². The molecule has 1 unspecified atom stereocenters. The van der Waals surface area contributed by atoms with Gasteiger partial charge in [0, 0.05) is 17.1 Å². The van der Waals surface area contributed by atoms with Crippen molar-refractivity contribution in [2.24, 2.45) is 0 Å². The van der Waals surface area contributed by atoms with E-state index in [0.717, 1.165) is 0 Å². The molecule has 4 aromatic rings. The van der Waals surface area contributed by atoms with Gasteiger partial charge in [-0.2, -0.15) is 0 Å². The second kappa shape index (κ2) is 8.47. The van der Waals surface area contributed by atoms with E-state index in [-0.39, 0.29) is 18.3 Å². The maximum atomic E-state index is 12.6. The number of carbonyl (C=O) groups excluding carboxylic acids is 1. The van der Waals surface area contributed by atoms with E-state index in [9.17, 15) is 9.90 Å². The van der Waals surface area contributed by atoms with Crippen molar-refractivity contribution in [1.82, 2.24) is 10.3 Å². The fraction of sp³-hybridized carbons (Fsp3) is 0.130. The van der Waals surface area contributed by atoms with Crippen LogP contribution in [0.25, 0.3) is 10.9 Å². The van der Waals surface area contributed by atoms with Crippen molar-refractivity contribution in [1.29, 1.82) is 0 Å². The molecule has 0 saturated carbocycles. The first-order valence-electron chi connectivity index (χ1n) is 9.32. The number of phenolic OH excluding ortho intramolecular Hbond substituents is 1. The fourth-order valence-electron chi connectivity index (χ4n) is 3.21. The van der Waals surface area contributed by atoms with Crippen LogP contribution in [0.2, 0.25) is 5.02 Å². The number of furan rings is 1. The zero-order chi connectivity index (χ0) is 21.1. The molecule has 2 aromatic heterocycles.